The minimum atomic E-state index is -0.555. The van der Waals surface area contributed by atoms with Crippen LogP contribution in [0.3, 0.4) is 0 Å². The predicted octanol–water partition coefficient (Wildman–Crippen LogP) is 5.55. The fraction of sp³-hybridized carbons (Fsp3) is 0.250. The molecule has 0 saturated carbocycles. The first kappa shape index (κ1) is 21.3. The van der Waals surface area contributed by atoms with E-state index in [2.05, 4.69) is 10.3 Å². The molecule has 0 saturated heterocycles. The second-order valence-electron chi connectivity index (χ2n) is 6.63. The fourth-order valence-corrected chi connectivity index (χ4v) is 3.23. The predicted molar refractivity (Wildman–Crippen MR) is 116 cm³/mol. The number of rotatable bonds is 3. The average Bonchev–Trinajstić information content (AvgIpc) is 2.75. The second kappa shape index (κ2) is 9.39. The summed E-state index contributed by atoms with van der Waals surface area (Å²) in [5, 5.41) is 2.65. The monoisotopic (exact) mass is 408 g/mol. The van der Waals surface area contributed by atoms with Crippen LogP contribution in [0.5, 0.6) is 11.5 Å². The van der Waals surface area contributed by atoms with Crippen LogP contribution in [0.25, 0.3) is 11.1 Å². The van der Waals surface area contributed by atoms with E-state index in [1.54, 1.807) is 31.3 Å². The van der Waals surface area contributed by atoms with E-state index in [9.17, 15) is 9.18 Å². The normalized spacial score (nSPS) is 11.9. The standard InChI is InChI=1S/C22H19FN2O3.C2H6/c1-13-4-3-5-17(23)21(13)22(26)25-20-7-6-15(12-24-20)16-11-19-18(10-14(16)2)27-8-9-28-19;1-2/h3-7,10-12H,8-9H2,1-2H3,(H,24,25,26);1-2H3. The highest BCUT2D eigenvalue weighted by molar-refractivity contribution is 6.05. The van der Waals surface area contributed by atoms with E-state index in [1.165, 1.54) is 6.07 Å². The molecule has 2 aromatic carbocycles. The van der Waals surface area contributed by atoms with E-state index >= 15 is 0 Å². The maximum Gasteiger partial charge on any atom is 0.260 e. The van der Waals surface area contributed by atoms with Gasteiger partial charge in [0, 0.05) is 11.8 Å². The van der Waals surface area contributed by atoms with Crippen LogP contribution in [-0.4, -0.2) is 24.1 Å². The van der Waals surface area contributed by atoms with E-state index in [-0.39, 0.29) is 5.56 Å². The number of aromatic nitrogens is 1. The molecule has 156 valence electrons. The number of halogens is 1. The Morgan fingerprint density at radius 2 is 1.70 bits per heavy atom. The van der Waals surface area contributed by atoms with Crippen LogP contribution in [0, 0.1) is 19.7 Å². The first-order valence-corrected chi connectivity index (χ1v) is 9.96. The van der Waals surface area contributed by atoms with Gasteiger partial charge in [0.2, 0.25) is 0 Å². The SMILES string of the molecule is CC.Cc1cc2c(cc1-c1ccc(NC(=O)c3c(C)cccc3F)nc1)OCCO2. The first-order valence-electron chi connectivity index (χ1n) is 9.96. The summed E-state index contributed by atoms with van der Waals surface area (Å²) >= 11 is 0. The Kier molecular flexibility index (Phi) is 6.67. The molecule has 0 atom stereocenters. The molecule has 0 bridgehead atoms. The molecule has 1 aromatic heterocycles. The third-order valence-electron chi connectivity index (χ3n) is 4.65. The Hall–Kier alpha value is -3.41. The van der Waals surface area contributed by atoms with Crippen molar-refractivity contribution in [2.45, 2.75) is 27.7 Å². The van der Waals surface area contributed by atoms with Crippen LogP contribution in [0.15, 0.2) is 48.7 Å². The Morgan fingerprint density at radius 1 is 1.00 bits per heavy atom. The number of benzene rings is 2. The third-order valence-corrected chi connectivity index (χ3v) is 4.65. The van der Waals surface area contributed by atoms with Crippen molar-refractivity contribution >= 4 is 11.7 Å². The number of pyridine rings is 1. The molecule has 2 heterocycles. The van der Waals surface area contributed by atoms with Gasteiger partial charge in [-0.25, -0.2) is 9.37 Å². The topological polar surface area (TPSA) is 60.5 Å². The van der Waals surface area contributed by atoms with Crippen molar-refractivity contribution < 1.29 is 18.7 Å². The van der Waals surface area contributed by atoms with Crippen LogP contribution in [0.4, 0.5) is 10.2 Å². The molecule has 1 aliphatic rings. The first-order chi connectivity index (χ1) is 14.5. The summed E-state index contributed by atoms with van der Waals surface area (Å²) < 4.78 is 25.2. The van der Waals surface area contributed by atoms with Crippen LogP contribution >= 0.6 is 0 Å². The van der Waals surface area contributed by atoms with Crippen molar-refractivity contribution in [3.8, 4) is 22.6 Å². The lowest BCUT2D eigenvalue weighted by molar-refractivity contribution is 0.102. The zero-order chi connectivity index (χ0) is 21.7. The van der Waals surface area contributed by atoms with Crippen molar-refractivity contribution in [1.82, 2.24) is 4.98 Å². The zero-order valence-electron chi connectivity index (χ0n) is 17.6. The molecule has 1 N–H and O–H groups in total. The Bertz CT molecular complexity index is 1030. The summed E-state index contributed by atoms with van der Waals surface area (Å²) in [7, 11) is 0. The maximum absolute atomic E-state index is 14.0. The van der Waals surface area contributed by atoms with Crippen LogP contribution < -0.4 is 14.8 Å². The molecule has 0 spiro atoms. The number of hydrogen-bond acceptors (Lipinski definition) is 4. The Morgan fingerprint density at radius 3 is 2.33 bits per heavy atom. The molecule has 0 fully saturated rings. The van der Waals surface area contributed by atoms with Crippen molar-refractivity contribution in [1.29, 1.82) is 0 Å². The fourth-order valence-electron chi connectivity index (χ4n) is 3.23. The van der Waals surface area contributed by atoms with Gasteiger partial charge in [0.05, 0.1) is 5.56 Å². The van der Waals surface area contributed by atoms with Gasteiger partial charge in [-0.2, -0.15) is 0 Å². The lowest BCUT2D eigenvalue weighted by atomic mass is 10.0. The summed E-state index contributed by atoms with van der Waals surface area (Å²) in [4.78, 5) is 16.7. The second-order valence-corrected chi connectivity index (χ2v) is 6.63. The molecular weight excluding hydrogens is 383 g/mol. The molecule has 6 heteroatoms. The summed E-state index contributed by atoms with van der Waals surface area (Å²) in [6, 6.07) is 12.0. The van der Waals surface area contributed by atoms with Crippen molar-refractivity contribution in [3.63, 3.8) is 0 Å². The summed E-state index contributed by atoms with van der Waals surface area (Å²) in [6.45, 7) is 8.75. The molecule has 1 aliphatic heterocycles. The largest absolute Gasteiger partial charge is 0.486 e. The molecule has 0 radical (unpaired) electrons. The highest BCUT2D eigenvalue weighted by Crippen LogP contribution is 2.37. The van der Waals surface area contributed by atoms with Gasteiger partial charge in [-0.1, -0.05) is 26.0 Å². The van der Waals surface area contributed by atoms with Crippen LogP contribution in [-0.2, 0) is 0 Å². The van der Waals surface area contributed by atoms with Crippen molar-refractivity contribution in [3.05, 3.63) is 71.2 Å². The minimum absolute atomic E-state index is 0.0241. The van der Waals surface area contributed by atoms with Gasteiger partial charge in [0.25, 0.3) is 5.91 Å². The summed E-state index contributed by atoms with van der Waals surface area (Å²) in [5.41, 5.74) is 3.48. The highest BCUT2D eigenvalue weighted by Gasteiger charge is 2.17. The number of anilines is 1. The molecule has 0 aliphatic carbocycles. The Balaban J connectivity index is 0.00000124. The average molecular weight is 408 g/mol. The van der Waals surface area contributed by atoms with Gasteiger partial charge in [0.1, 0.15) is 24.8 Å². The lowest BCUT2D eigenvalue weighted by Crippen LogP contribution is -2.16. The number of nitrogens with zero attached hydrogens (tertiary/aromatic N) is 1. The number of carbonyl (C=O) groups is 1. The van der Waals surface area contributed by atoms with Gasteiger partial charge in [-0.05, 0) is 60.9 Å². The molecule has 30 heavy (non-hydrogen) atoms. The van der Waals surface area contributed by atoms with Gasteiger partial charge in [-0.15, -0.1) is 0 Å². The van der Waals surface area contributed by atoms with Crippen LogP contribution in [0.1, 0.15) is 35.3 Å². The van der Waals surface area contributed by atoms with Gasteiger partial charge in [0.15, 0.2) is 11.5 Å². The number of nitrogens with one attached hydrogen (secondary N) is 1. The molecular formula is C24H25FN2O3. The third kappa shape index (κ3) is 4.43. The molecule has 5 nitrogen and oxygen atoms in total. The Labute approximate surface area is 175 Å². The number of carbonyl (C=O) groups excluding carboxylic acids is 1. The van der Waals surface area contributed by atoms with E-state index < -0.39 is 11.7 Å². The van der Waals surface area contributed by atoms with E-state index in [4.69, 9.17) is 9.47 Å². The number of fused-ring (bicyclic) bond motifs is 1. The van der Waals surface area contributed by atoms with Gasteiger partial charge < -0.3 is 14.8 Å². The molecule has 4 rings (SSSR count). The maximum atomic E-state index is 14.0. The highest BCUT2D eigenvalue weighted by atomic mass is 19.1. The molecule has 1 amide bonds. The van der Waals surface area contributed by atoms with Crippen LogP contribution in [0.2, 0.25) is 0 Å². The van der Waals surface area contributed by atoms with E-state index in [1.807, 2.05) is 39.0 Å². The zero-order valence-corrected chi connectivity index (χ0v) is 17.6. The van der Waals surface area contributed by atoms with Gasteiger partial charge in [-0.3, -0.25) is 4.79 Å². The quantitative estimate of drug-likeness (QED) is 0.617. The number of amides is 1. The lowest BCUT2D eigenvalue weighted by Gasteiger charge is -2.20. The summed E-state index contributed by atoms with van der Waals surface area (Å²) in [5.74, 6) is 0.725. The van der Waals surface area contributed by atoms with E-state index in [0.717, 1.165) is 22.4 Å². The minimum Gasteiger partial charge on any atom is -0.486 e. The molecule has 0 unspecified atom stereocenters. The van der Waals surface area contributed by atoms with Crippen molar-refractivity contribution in [2.75, 3.05) is 18.5 Å². The number of ether oxygens (including phenoxy) is 2. The van der Waals surface area contributed by atoms with Crippen molar-refractivity contribution in [2.24, 2.45) is 0 Å². The number of aryl methyl sites for hydroxylation is 2. The number of hydrogen-bond donors (Lipinski definition) is 1. The molecule has 3 aromatic rings. The van der Waals surface area contributed by atoms with Gasteiger partial charge >= 0.3 is 0 Å². The van der Waals surface area contributed by atoms with E-state index in [0.29, 0.717) is 30.3 Å². The summed E-state index contributed by atoms with van der Waals surface area (Å²) in [6.07, 6.45) is 1.67. The smallest absolute Gasteiger partial charge is 0.260 e.